The maximum Gasteiger partial charge on any atom is 0.421 e. The topological polar surface area (TPSA) is 37.3 Å². The van der Waals surface area contributed by atoms with E-state index < -0.39 is 41.1 Å². The first-order valence-electron chi connectivity index (χ1n) is 4.88. The van der Waals surface area contributed by atoms with Crippen LogP contribution in [0.4, 0.5) is 26.3 Å². The molecule has 1 aliphatic carbocycles. The number of allylic oxidation sites excluding steroid dienone is 2. The molecule has 0 bridgehead atoms. The molecule has 0 unspecified atom stereocenters. The van der Waals surface area contributed by atoms with Gasteiger partial charge in [-0.1, -0.05) is 19.9 Å². The van der Waals surface area contributed by atoms with Gasteiger partial charge in [0.25, 0.3) is 0 Å². The number of aliphatic carboxylic acids is 1. The van der Waals surface area contributed by atoms with Gasteiger partial charge in [0.05, 0.1) is 5.92 Å². The third-order valence-corrected chi connectivity index (χ3v) is 3.13. The predicted octanol–water partition coefficient (Wildman–Crippen LogP) is 3.39. The first-order chi connectivity index (χ1) is 7.79. The summed E-state index contributed by atoms with van der Waals surface area (Å²) >= 11 is 0. The van der Waals surface area contributed by atoms with E-state index in [9.17, 15) is 31.1 Å². The fourth-order valence-corrected chi connectivity index (χ4v) is 1.99. The number of carbonyl (C=O) groups is 1. The number of carboxylic acid groups (broad SMARTS) is 1. The molecule has 1 aliphatic rings. The quantitative estimate of drug-likeness (QED) is 0.620. The summed E-state index contributed by atoms with van der Waals surface area (Å²) in [6.07, 6.45) is -11.1. The lowest BCUT2D eigenvalue weighted by Crippen LogP contribution is -2.26. The van der Waals surface area contributed by atoms with Crippen molar-refractivity contribution in [3.05, 3.63) is 11.6 Å². The highest BCUT2D eigenvalue weighted by atomic mass is 19.4. The second-order valence-corrected chi connectivity index (χ2v) is 4.74. The van der Waals surface area contributed by atoms with Crippen molar-refractivity contribution in [2.45, 2.75) is 26.2 Å². The molecule has 104 valence electrons. The molecule has 0 amide bonds. The first-order valence-corrected chi connectivity index (χ1v) is 4.88. The molecule has 1 saturated carbocycles. The molecule has 0 aliphatic heterocycles. The molecule has 0 aromatic rings. The zero-order valence-corrected chi connectivity index (χ0v) is 9.36. The minimum absolute atomic E-state index is 0.0151. The van der Waals surface area contributed by atoms with Crippen LogP contribution >= 0.6 is 0 Å². The normalized spacial score (nSPS) is 26.7. The van der Waals surface area contributed by atoms with Crippen LogP contribution in [0.5, 0.6) is 0 Å². The van der Waals surface area contributed by atoms with Gasteiger partial charge in [0.1, 0.15) is 5.57 Å². The van der Waals surface area contributed by atoms with E-state index in [0.717, 1.165) is 0 Å². The van der Waals surface area contributed by atoms with Crippen LogP contribution < -0.4 is 0 Å². The zero-order valence-electron chi connectivity index (χ0n) is 9.36. The number of alkyl halides is 6. The van der Waals surface area contributed by atoms with Gasteiger partial charge >= 0.3 is 18.3 Å². The molecule has 1 N–H and O–H groups in total. The monoisotopic (exact) mass is 276 g/mol. The fourth-order valence-electron chi connectivity index (χ4n) is 1.99. The third-order valence-electron chi connectivity index (χ3n) is 3.13. The van der Waals surface area contributed by atoms with Crippen LogP contribution in [0.3, 0.4) is 0 Å². The Labute approximate surface area is 98.3 Å². The molecule has 8 heteroatoms. The Hall–Kier alpha value is -1.21. The third kappa shape index (κ3) is 2.62. The van der Waals surface area contributed by atoms with E-state index in [-0.39, 0.29) is 6.08 Å². The lowest BCUT2D eigenvalue weighted by Gasteiger charge is -2.15. The van der Waals surface area contributed by atoms with Gasteiger partial charge in [0.2, 0.25) is 0 Å². The average Bonchev–Trinajstić information content (AvgIpc) is 2.59. The largest absolute Gasteiger partial charge is 0.481 e. The number of hydrogen-bond acceptors (Lipinski definition) is 1. The van der Waals surface area contributed by atoms with Crippen molar-refractivity contribution in [1.29, 1.82) is 0 Å². The minimum atomic E-state index is -5.54. The van der Waals surface area contributed by atoms with Crippen molar-refractivity contribution in [2.24, 2.45) is 17.3 Å². The number of rotatable bonds is 2. The van der Waals surface area contributed by atoms with E-state index in [4.69, 9.17) is 5.11 Å². The lowest BCUT2D eigenvalue weighted by atomic mass is 10.1. The Morgan fingerprint density at radius 2 is 1.50 bits per heavy atom. The van der Waals surface area contributed by atoms with Crippen LogP contribution in [0, 0.1) is 17.3 Å². The smallest absolute Gasteiger partial charge is 0.421 e. The van der Waals surface area contributed by atoms with Crippen molar-refractivity contribution < 1.29 is 36.2 Å². The summed E-state index contributed by atoms with van der Waals surface area (Å²) < 4.78 is 73.5. The fraction of sp³-hybridized carbons (Fsp3) is 0.700. The van der Waals surface area contributed by atoms with Gasteiger partial charge in [-0.15, -0.1) is 0 Å². The molecule has 0 aromatic carbocycles. The van der Waals surface area contributed by atoms with Crippen LogP contribution in [0.25, 0.3) is 0 Å². The standard InChI is InChI=1S/C10H10F6O2/c1-8(2)4(6(8)7(17)18)3-5(9(11,12)13)10(14,15)16/h3-4,6H,1-2H3,(H,17,18)/t4-,6-/m0/s1. The molecule has 1 fully saturated rings. The molecule has 0 saturated heterocycles. The summed E-state index contributed by atoms with van der Waals surface area (Å²) in [4.78, 5) is 10.7. The molecule has 0 spiro atoms. The highest BCUT2D eigenvalue weighted by molar-refractivity contribution is 5.76. The van der Waals surface area contributed by atoms with Gasteiger partial charge in [0.15, 0.2) is 0 Å². The SMILES string of the molecule is CC1(C)[C@H](C(=O)O)[C@@H]1C=C(C(F)(F)F)C(F)(F)F. The van der Waals surface area contributed by atoms with Gasteiger partial charge in [-0.25, -0.2) is 0 Å². The Bertz CT molecular complexity index is 374. The van der Waals surface area contributed by atoms with E-state index in [1.807, 2.05) is 0 Å². The van der Waals surface area contributed by atoms with E-state index >= 15 is 0 Å². The molecule has 2 atom stereocenters. The minimum Gasteiger partial charge on any atom is -0.481 e. The van der Waals surface area contributed by atoms with E-state index in [0.29, 0.717) is 0 Å². The van der Waals surface area contributed by atoms with Crippen molar-refractivity contribution in [1.82, 2.24) is 0 Å². The summed E-state index contributed by atoms with van der Waals surface area (Å²) in [6.45, 7) is 2.63. The number of halogens is 6. The van der Waals surface area contributed by atoms with Crippen molar-refractivity contribution in [2.75, 3.05) is 0 Å². The molecule has 0 heterocycles. The molecule has 18 heavy (non-hydrogen) atoms. The lowest BCUT2D eigenvalue weighted by molar-refractivity contribution is -0.172. The Balaban J connectivity index is 3.11. The Morgan fingerprint density at radius 3 is 1.72 bits per heavy atom. The molecule has 2 nitrogen and oxygen atoms in total. The summed E-state index contributed by atoms with van der Waals surface area (Å²) in [5.74, 6) is -3.89. The second kappa shape index (κ2) is 3.89. The van der Waals surface area contributed by atoms with Crippen LogP contribution in [0.2, 0.25) is 0 Å². The summed E-state index contributed by atoms with van der Waals surface area (Å²) in [6, 6.07) is 0. The molecule has 0 radical (unpaired) electrons. The maximum absolute atomic E-state index is 12.2. The van der Waals surface area contributed by atoms with Gasteiger partial charge in [-0.2, -0.15) is 26.3 Å². The van der Waals surface area contributed by atoms with E-state index in [2.05, 4.69) is 0 Å². The average molecular weight is 276 g/mol. The van der Waals surface area contributed by atoms with Gasteiger partial charge in [0, 0.05) is 0 Å². The number of hydrogen-bond donors (Lipinski definition) is 1. The highest BCUT2D eigenvalue weighted by Crippen LogP contribution is 2.60. The molecular formula is C10H10F6O2. The molecule has 1 rings (SSSR count). The van der Waals surface area contributed by atoms with Crippen molar-refractivity contribution >= 4 is 5.97 Å². The van der Waals surface area contributed by atoms with Gasteiger partial charge in [-0.05, 0) is 11.3 Å². The first kappa shape index (κ1) is 14.8. The van der Waals surface area contributed by atoms with Crippen LogP contribution in [0.1, 0.15) is 13.8 Å². The second-order valence-electron chi connectivity index (χ2n) is 4.74. The van der Waals surface area contributed by atoms with Crippen molar-refractivity contribution in [3.8, 4) is 0 Å². The zero-order chi connectivity index (χ0) is 14.5. The molecule has 0 aromatic heterocycles. The maximum atomic E-state index is 12.2. The summed E-state index contributed by atoms with van der Waals surface area (Å²) in [5, 5.41) is 8.69. The summed E-state index contributed by atoms with van der Waals surface area (Å²) in [5.41, 5.74) is -3.75. The van der Waals surface area contributed by atoms with Gasteiger partial charge < -0.3 is 5.11 Å². The van der Waals surface area contributed by atoms with Crippen LogP contribution in [-0.2, 0) is 4.79 Å². The van der Waals surface area contributed by atoms with Crippen molar-refractivity contribution in [3.63, 3.8) is 0 Å². The van der Waals surface area contributed by atoms with Crippen LogP contribution in [-0.4, -0.2) is 23.4 Å². The van der Waals surface area contributed by atoms with E-state index in [1.54, 1.807) is 0 Å². The van der Waals surface area contributed by atoms with E-state index in [1.165, 1.54) is 13.8 Å². The molecular weight excluding hydrogens is 266 g/mol. The van der Waals surface area contributed by atoms with Crippen LogP contribution in [0.15, 0.2) is 11.6 Å². The Kier molecular flexibility index (Phi) is 3.21. The Morgan fingerprint density at radius 1 is 1.11 bits per heavy atom. The number of carboxylic acids is 1. The highest BCUT2D eigenvalue weighted by Gasteiger charge is 2.63. The summed E-state index contributed by atoms with van der Waals surface area (Å²) in [7, 11) is 0. The predicted molar refractivity (Wildman–Crippen MR) is 48.6 cm³/mol. The van der Waals surface area contributed by atoms with Gasteiger partial charge in [-0.3, -0.25) is 4.79 Å².